The number of benzene rings is 2. The Morgan fingerprint density at radius 3 is 2.56 bits per heavy atom. The van der Waals surface area contributed by atoms with E-state index in [4.69, 9.17) is 14.2 Å². The van der Waals surface area contributed by atoms with Crippen LogP contribution in [-0.2, 0) is 14.3 Å². The maximum Gasteiger partial charge on any atom is 0.338 e. The van der Waals surface area contributed by atoms with Crippen LogP contribution in [0.5, 0.6) is 11.5 Å². The number of carbonyl (C=O) groups is 2. The van der Waals surface area contributed by atoms with Gasteiger partial charge in [0, 0.05) is 12.5 Å². The Labute approximate surface area is 211 Å². The van der Waals surface area contributed by atoms with Gasteiger partial charge in [-0.1, -0.05) is 54.3 Å². The second-order valence-corrected chi connectivity index (χ2v) is 8.88. The van der Waals surface area contributed by atoms with Crippen LogP contribution in [0.4, 0.5) is 0 Å². The van der Waals surface area contributed by atoms with Gasteiger partial charge in [0.15, 0.2) is 4.80 Å². The molecule has 0 amide bonds. The molecule has 0 fully saturated rings. The van der Waals surface area contributed by atoms with E-state index in [-0.39, 0.29) is 17.7 Å². The number of fused-ring (bicyclic) bond motifs is 1. The topological polar surface area (TPSA) is 96.2 Å². The summed E-state index contributed by atoms with van der Waals surface area (Å²) < 4.78 is 17.8. The summed E-state index contributed by atoms with van der Waals surface area (Å²) in [5, 5.41) is 0. The van der Waals surface area contributed by atoms with Crippen LogP contribution in [0.1, 0.15) is 31.0 Å². The zero-order valence-electron chi connectivity index (χ0n) is 20.0. The van der Waals surface area contributed by atoms with Crippen LogP contribution in [-0.4, -0.2) is 30.2 Å². The minimum atomic E-state index is -0.787. The lowest BCUT2D eigenvalue weighted by molar-refractivity contribution is -0.138. The normalized spacial score (nSPS) is 15.1. The molecule has 1 atom stereocenters. The minimum Gasteiger partial charge on any atom is -0.496 e. The van der Waals surface area contributed by atoms with Gasteiger partial charge in [-0.3, -0.25) is 14.2 Å². The average molecular weight is 505 g/mol. The fourth-order valence-electron chi connectivity index (χ4n) is 3.92. The molecule has 0 aliphatic carbocycles. The van der Waals surface area contributed by atoms with Crippen LogP contribution in [0.2, 0.25) is 0 Å². The van der Waals surface area contributed by atoms with Crippen molar-refractivity contribution in [1.82, 2.24) is 4.57 Å². The van der Waals surface area contributed by atoms with Crippen molar-refractivity contribution in [3.63, 3.8) is 0 Å². The van der Waals surface area contributed by atoms with Crippen LogP contribution < -0.4 is 24.4 Å². The Hall–Kier alpha value is -4.24. The molecule has 36 heavy (non-hydrogen) atoms. The molecule has 0 bridgehead atoms. The van der Waals surface area contributed by atoms with E-state index < -0.39 is 18.0 Å². The molecule has 3 aromatic rings. The van der Waals surface area contributed by atoms with E-state index in [1.807, 2.05) is 24.3 Å². The first-order chi connectivity index (χ1) is 17.3. The number of para-hydroxylation sites is 1. The highest BCUT2D eigenvalue weighted by Crippen LogP contribution is 2.31. The average Bonchev–Trinajstić information content (AvgIpc) is 3.16. The number of carbonyl (C=O) groups excluding carboxylic acids is 2. The van der Waals surface area contributed by atoms with E-state index in [1.54, 1.807) is 44.4 Å². The molecule has 1 unspecified atom stereocenters. The maximum atomic E-state index is 13.7. The van der Waals surface area contributed by atoms with E-state index in [9.17, 15) is 14.4 Å². The molecule has 9 heteroatoms. The first kappa shape index (κ1) is 24.9. The van der Waals surface area contributed by atoms with E-state index in [0.29, 0.717) is 32.1 Å². The Bertz CT molecular complexity index is 1550. The smallest absolute Gasteiger partial charge is 0.338 e. The fourth-order valence-corrected chi connectivity index (χ4v) is 4.96. The van der Waals surface area contributed by atoms with Gasteiger partial charge in [-0.05, 0) is 36.8 Å². The molecule has 0 saturated heterocycles. The van der Waals surface area contributed by atoms with Gasteiger partial charge in [0.25, 0.3) is 5.56 Å². The highest BCUT2D eigenvalue weighted by molar-refractivity contribution is 7.07. The Morgan fingerprint density at radius 2 is 1.89 bits per heavy atom. The van der Waals surface area contributed by atoms with Gasteiger partial charge in [0.05, 0.1) is 29.0 Å². The molecule has 184 valence electrons. The summed E-state index contributed by atoms with van der Waals surface area (Å²) in [6.07, 6.45) is 3.22. The first-order valence-corrected chi connectivity index (χ1v) is 11.9. The number of esters is 2. The number of nitrogens with zero attached hydrogens (tertiary/aromatic N) is 2. The number of allylic oxidation sites excluding steroid dienone is 1. The molecule has 4 rings (SSSR count). The number of methoxy groups -OCH3 is 1. The Morgan fingerprint density at radius 1 is 1.17 bits per heavy atom. The predicted octanol–water partition coefficient (Wildman–Crippen LogP) is 2.90. The van der Waals surface area contributed by atoms with Crippen LogP contribution in [0.25, 0.3) is 6.08 Å². The quantitative estimate of drug-likeness (QED) is 0.279. The number of aromatic nitrogens is 1. The molecule has 1 aliphatic heterocycles. The summed E-state index contributed by atoms with van der Waals surface area (Å²) >= 11 is 1.22. The van der Waals surface area contributed by atoms with Crippen LogP contribution >= 0.6 is 11.3 Å². The molecular formula is C27H24N2O6S. The van der Waals surface area contributed by atoms with E-state index in [0.717, 1.165) is 5.56 Å². The number of ether oxygens (including phenoxy) is 3. The summed E-state index contributed by atoms with van der Waals surface area (Å²) in [4.78, 5) is 43.1. The van der Waals surface area contributed by atoms with Crippen molar-refractivity contribution in [3.8, 4) is 11.5 Å². The summed E-state index contributed by atoms with van der Waals surface area (Å²) in [5.41, 5.74) is 1.77. The molecular weight excluding hydrogens is 480 g/mol. The molecule has 0 saturated carbocycles. The summed E-state index contributed by atoms with van der Waals surface area (Å²) in [7, 11) is 1.57. The monoisotopic (exact) mass is 504 g/mol. The molecule has 2 heterocycles. The van der Waals surface area contributed by atoms with Crippen molar-refractivity contribution in [2.45, 2.75) is 19.9 Å². The standard InChI is InChI=1S/C27H24N2O6S/c1-5-14-34-26(32)23-16(2)28-27-29(24(23)18-10-12-20(13-11-18)35-17(3)30)25(31)22(36-27)15-19-8-6-7-9-21(19)33-4/h5-13,15,24H,1,14H2,2-4H3. The highest BCUT2D eigenvalue weighted by atomic mass is 32.1. The lowest BCUT2D eigenvalue weighted by Crippen LogP contribution is -2.39. The summed E-state index contributed by atoms with van der Waals surface area (Å²) in [6.45, 7) is 6.63. The van der Waals surface area contributed by atoms with Gasteiger partial charge in [-0.2, -0.15) is 0 Å². The zero-order chi connectivity index (χ0) is 25.8. The van der Waals surface area contributed by atoms with Crippen molar-refractivity contribution in [2.24, 2.45) is 4.99 Å². The molecule has 8 nitrogen and oxygen atoms in total. The molecule has 1 aliphatic rings. The van der Waals surface area contributed by atoms with Gasteiger partial charge in [-0.15, -0.1) is 0 Å². The fraction of sp³-hybridized carbons (Fsp3) is 0.185. The molecule has 0 radical (unpaired) electrons. The van der Waals surface area contributed by atoms with E-state index >= 15 is 0 Å². The van der Waals surface area contributed by atoms with E-state index in [2.05, 4.69) is 11.6 Å². The third kappa shape index (κ3) is 4.92. The van der Waals surface area contributed by atoms with Crippen molar-refractivity contribution in [1.29, 1.82) is 0 Å². The highest BCUT2D eigenvalue weighted by Gasteiger charge is 2.33. The van der Waals surface area contributed by atoms with Gasteiger partial charge < -0.3 is 14.2 Å². The lowest BCUT2D eigenvalue weighted by atomic mass is 9.96. The van der Waals surface area contributed by atoms with Crippen molar-refractivity contribution in [3.05, 3.63) is 103 Å². The van der Waals surface area contributed by atoms with Gasteiger partial charge in [-0.25, -0.2) is 9.79 Å². The van der Waals surface area contributed by atoms with Crippen LogP contribution in [0, 0.1) is 0 Å². The molecule has 0 spiro atoms. The molecule has 0 N–H and O–H groups in total. The first-order valence-electron chi connectivity index (χ1n) is 11.1. The van der Waals surface area contributed by atoms with E-state index in [1.165, 1.54) is 28.9 Å². The third-order valence-electron chi connectivity index (χ3n) is 5.46. The lowest BCUT2D eigenvalue weighted by Gasteiger charge is -2.24. The Kier molecular flexibility index (Phi) is 7.30. The Balaban J connectivity index is 1.91. The van der Waals surface area contributed by atoms with Gasteiger partial charge >= 0.3 is 11.9 Å². The minimum absolute atomic E-state index is 0.0198. The van der Waals surface area contributed by atoms with Crippen LogP contribution in [0.3, 0.4) is 0 Å². The second kappa shape index (κ2) is 10.6. The number of hydrogen-bond acceptors (Lipinski definition) is 8. The summed E-state index contributed by atoms with van der Waals surface area (Å²) in [6, 6.07) is 13.2. The summed E-state index contributed by atoms with van der Waals surface area (Å²) in [5.74, 6) is -0.0575. The SMILES string of the molecule is C=CCOC(=O)C1=C(C)N=c2sc(=Cc3ccccc3OC)c(=O)n2C1c1ccc(OC(C)=O)cc1. The predicted molar refractivity (Wildman–Crippen MR) is 136 cm³/mol. The largest absolute Gasteiger partial charge is 0.496 e. The third-order valence-corrected chi connectivity index (χ3v) is 6.44. The number of hydrogen-bond donors (Lipinski definition) is 0. The molecule has 1 aromatic heterocycles. The zero-order valence-corrected chi connectivity index (χ0v) is 20.8. The maximum absolute atomic E-state index is 13.7. The van der Waals surface area contributed by atoms with Crippen molar-refractivity contribution in [2.75, 3.05) is 13.7 Å². The number of thiazole rings is 1. The van der Waals surface area contributed by atoms with Crippen LogP contribution in [0.15, 0.2) is 82.2 Å². The number of rotatable bonds is 7. The van der Waals surface area contributed by atoms with Gasteiger partial charge in [0.2, 0.25) is 0 Å². The van der Waals surface area contributed by atoms with Gasteiger partial charge in [0.1, 0.15) is 18.1 Å². The second-order valence-electron chi connectivity index (χ2n) is 7.87. The molecule has 2 aromatic carbocycles. The van der Waals surface area contributed by atoms with Crippen molar-refractivity contribution >= 4 is 29.4 Å². The van der Waals surface area contributed by atoms with Crippen molar-refractivity contribution < 1.29 is 23.8 Å².